The second-order valence-corrected chi connectivity index (χ2v) is 9.46. The monoisotopic (exact) mass is 440 g/mol. The van der Waals surface area contributed by atoms with Gasteiger partial charge in [-0.1, -0.05) is 33.6 Å². The van der Waals surface area contributed by atoms with Crippen molar-refractivity contribution >= 4 is 28.6 Å². The summed E-state index contributed by atoms with van der Waals surface area (Å²) in [6.07, 6.45) is 7.65. The highest BCUT2D eigenvalue weighted by molar-refractivity contribution is 7.09. The van der Waals surface area contributed by atoms with E-state index >= 15 is 0 Å². The molecular formula is C25H36N4OS. The standard InChI is InChI=1S/C20H21N3S.C4H10.CH3NO.H2/c1-14-13-24-20(22-14)12-23-18-7-5-3-2-4-6-16(18)17-10-15(11-21)8-9-19(17)23;1-4(2)3;2-1-3;/h8-10,13H,2-7,12H2,1H3;4H,1-3H3;1H,(H2,2,3);1H. The van der Waals surface area contributed by atoms with Gasteiger partial charge in [0.2, 0.25) is 6.41 Å². The fraction of sp³-hybridized carbons (Fsp3) is 0.480. The Hall–Kier alpha value is -2.65. The minimum Gasteiger partial charge on any atom is -0.372 e. The number of amides is 1. The summed E-state index contributed by atoms with van der Waals surface area (Å²) in [5.41, 5.74) is 10.2. The lowest BCUT2D eigenvalue weighted by atomic mass is 9.96. The van der Waals surface area contributed by atoms with Gasteiger partial charge in [0.05, 0.1) is 18.2 Å². The van der Waals surface area contributed by atoms with Crippen LogP contribution in [0.2, 0.25) is 0 Å². The molecule has 2 N–H and O–H groups in total. The Bertz CT molecular complexity index is 1030. The van der Waals surface area contributed by atoms with E-state index in [-0.39, 0.29) is 7.84 Å². The second kappa shape index (κ2) is 12.3. The third kappa shape index (κ3) is 6.93. The number of aromatic nitrogens is 2. The van der Waals surface area contributed by atoms with E-state index < -0.39 is 0 Å². The van der Waals surface area contributed by atoms with Crippen LogP contribution in [-0.4, -0.2) is 16.0 Å². The fourth-order valence-corrected chi connectivity index (χ4v) is 4.61. The van der Waals surface area contributed by atoms with Crippen LogP contribution >= 0.6 is 11.3 Å². The first kappa shape index (κ1) is 24.6. The van der Waals surface area contributed by atoms with Crippen LogP contribution in [0.15, 0.2) is 23.6 Å². The lowest BCUT2D eigenvalue weighted by Gasteiger charge is -2.14. The first-order valence-corrected chi connectivity index (χ1v) is 11.9. The van der Waals surface area contributed by atoms with Crippen molar-refractivity contribution in [2.45, 2.75) is 72.8 Å². The molecule has 0 fully saturated rings. The van der Waals surface area contributed by atoms with E-state index in [9.17, 15) is 5.26 Å². The van der Waals surface area contributed by atoms with E-state index in [0.717, 1.165) is 36.6 Å². The molecule has 1 aromatic carbocycles. The molecule has 1 aliphatic carbocycles. The van der Waals surface area contributed by atoms with E-state index in [4.69, 9.17) is 4.79 Å². The second-order valence-electron chi connectivity index (χ2n) is 8.52. The Morgan fingerprint density at radius 1 is 1.26 bits per heavy atom. The summed E-state index contributed by atoms with van der Waals surface area (Å²) in [4.78, 5) is 13.2. The van der Waals surface area contributed by atoms with Crippen molar-refractivity contribution in [2.24, 2.45) is 11.7 Å². The molecule has 0 saturated heterocycles. The van der Waals surface area contributed by atoms with Crippen molar-refractivity contribution < 1.29 is 6.22 Å². The summed E-state index contributed by atoms with van der Waals surface area (Å²) in [6, 6.07) is 8.45. The van der Waals surface area contributed by atoms with Gasteiger partial charge in [0.1, 0.15) is 5.01 Å². The highest BCUT2D eigenvalue weighted by Crippen LogP contribution is 2.32. The van der Waals surface area contributed by atoms with Gasteiger partial charge in [-0.05, 0) is 62.3 Å². The van der Waals surface area contributed by atoms with Gasteiger partial charge in [-0.3, -0.25) is 4.79 Å². The van der Waals surface area contributed by atoms with E-state index in [0.29, 0.717) is 0 Å². The molecule has 0 saturated carbocycles. The molecule has 1 amide bonds. The molecule has 0 atom stereocenters. The summed E-state index contributed by atoms with van der Waals surface area (Å²) in [5.74, 6) is 0.833. The quantitative estimate of drug-likeness (QED) is 0.496. The van der Waals surface area contributed by atoms with Crippen LogP contribution in [0.4, 0.5) is 0 Å². The summed E-state index contributed by atoms with van der Waals surface area (Å²) < 4.78 is 2.45. The van der Waals surface area contributed by atoms with E-state index in [1.54, 1.807) is 11.3 Å². The zero-order valence-electron chi connectivity index (χ0n) is 19.1. The third-order valence-corrected chi connectivity index (χ3v) is 5.92. The number of benzene rings is 1. The molecule has 0 bridgehead atoms. The topological polar surface area (TPSA) is 84.7 Å². The van der Waals surface area contributed by atoms with Crippen LogP contribution in [0, 0.1) is 24.2 Å². The SMILES string of the molecule is CC(C)C.Cc1csc(Cn2c3c(c4cc(C#N)ccc42)CCCCCC3)n1.NC=O.[HH]. The van der Waals surface area contributed by atoms with Crippen LogP contribution in [0.5, 0.6) is 0 Å². The summed E-state index contributed by atoms with van der Waals surface area (Å²) in [5, 5.41) is 13.8. The van der Waals surface area contributed by atoms with Crippen molar-refractivity contribution in [1.29, 1.82) is 5.26 Å². The molecular weight excluding hydrogens is 404 g/mol. The maximum Gasteiger partial charge on any atom is 0.204 e. The molecule has 168 valence electrons. The van der Waals surface area contributed by atoms with Gasteiger partial charge in [-0.25, -0.2) is 4.98 Å². The van der Waals surface area contributed by atoms with Crippen molar-refractivity contribution in [2.75, 3.05) is 0 Å². The average molecular weight is 441 g/mol. The molecule has 31 heavy (non-hydrogen) atoms. The molecule has 5 nitrogen and oxygen atoms in total. The van der Waals surface area contributed by atoms with Crippen molar-refractivity contribution in [3.05, 3.63) is 51.1 Å². The molecule has 0 aliphatic heterocycles. The molecule has 1 aliphatic rings. The first-order valence-electron chi connectivity index (χ1n) is 11.0. The van der Waals surface area contributed by atoms with Gasteiger partial charge < -0.3 is 10.3 Å². The lowest BCUT2D eigenvalue weighted by Crippen LogP contribution is -2.07. The van der Waals surface area contributed by atoms with Gasteiger partial charge in [0.25, 0.3) is 0 Å². The number of nitrogens with two attached hydrogens (primary N) is 1. The summed E-state index contributed by atoms with van der Waals surface area (Å²) in [7, 11) is 0. The summed E-state index contributed by atoms with van der Waals surface area (Å²) in [6.45, 7) is 9.40. The number of aryl methyl sites for hydroxylation is 2. The fourth-order valence-electron chi connectivity index (χ4n) is 3.85. The van der Waals surface area contributed by atoms with Gasteiger partial charge >= 0.3 is 0 Å². The molecule has 3 aromatic rings. The van der Waals surface area contributed by atoms with Crippen molar-refractivity contribution in [1.82, 2.24) is 9.55 Å². The minimum atomic E-state index is 0. The number of carbonyl (C=O) groups excluding carboxylic acids is 1. The minimum absolute atomic E-state index is 0. The van der Waals surface area contributed by atoms with Gasteiger partial charge in [0.15, 0.2) is 0 Å². The number of hydrogen-bond donors (Lipinski definition) is 1. The van der Waals surface area contributed by atoms with Crippen LogP contribution in [0.25, 0.3) is 10.9 Å². The largest absolute Gasteiger partial charge is 0.372 e. The van der Waals surface area contributed by atoms with Gasteiger partial charge in [0, 0.05) is 29.1 Å². The molecule has 2 aromatic heterocycles. The average Bonchev–Trinajstić information content (AvgIpc) is 3.22. The number of nitrogens with zero attached hydrogens (tertiary/aromatic N) is 3. The van der Waals surface area contributed by atoms with Crippen molar-refractivity contribution in [3.8, 4) is 6.07 Å². The first-order chi connectivity index (χ1) is 14.9. The highest BCUT2D eigenvalue weighted by atomic mass is 32.1. The van der Waals surface area contributed by atoms with Crippen LogP contribution in [0.1, 0.15) is 75.4 Å². The lowest BCUT2D eigenvalue weighted by molar-refractivity contribution is -0.106. The number of thiazole rings is 1. The van der Waals surface area contributed by atoms with Crippen molar-refractivity contribution in [3.63, 3.8) is 0 Å². The highest BCUT2D eigenvalue weighted by Gasteiger charge is 2.19. The maximum absolute atomic E-state index is 9.28. The molecule has 0 unspecified atom stereocenters. The maximum atomic E-state index is 9.28. The van der Waals surface area contributed by atoms with Gasteiger partial charge in [-0.2, -0.15) is 5.26 Å². The zero-order valence-corrected chi connectivity index (χ0v) is 20.0. The van der Waals surface area contributed by atoms with E-state index in [2.05, 4.69) is 66.6 Å². The Kier molecular flexibility index (Phi) is 9.74. The predicted octanol–water partition coefficient (Wildman–Crippen LogP) is 6.00. The predicted molar refractivity (Wildman–Crippen MR) is 131 cm³/mol. The number of nitriles is 1. The Labute approximate surface area is 191 Å². The van der Waals surface area contributed by atoms with Gasteiger partial charge in [-0.15, -0.1) is 11.3 Å². The van der Waals surface area contributed by atoms with Crippen LogP contribution in [0.3, 0.4) is 0 Å². The smallest absolute Gasteiger partial charge is 0.204 e. The molecule has 0 spiro atoms. The number of carbonyl (C=O) groups is 1. The Morgan fingerprint density at radius 3 is 2.48 bits per heavy atom. The van der Waals surface area contributed by atoms with Crippen LogP contribution in [-0.2, 0) is 24.2 Å². The number of rotatable bonds is 2. The van der Waals surface area contributed by atoms with E-state index in [1.807, 2.05) is 6.07 Å². The Morgan fingerprint density at radius 2 is 1.90 bits per heavy atom. The third-order valence-electron chi connectivity index (χ3n) is 4.97. The molecule has 0 radical (unpaired) electrons. The number of fused-ring (bicyclic) bond motifs is 3. The molecule has 2 heterocycles. The zero-order chi connectivity index (χ0) is 22.8. The normalized spacial score (nSPS) is 13.0. The van der Waals surface area contributed by atoms with Crippen LogP contribution < -0.4 is 5.73 Å². The number of hydrogen-bond acceptors (Lipinski definition) is 4. The Balaban J connectivity index is 0.000000568. The molecule has 4 rings (SSSR count). The molecule has 6 heteroatoms. The number of primary amides is 1. The van der Waals surface area contributed by atoms with E-state index in [1.165, 1.54) is 52.9 Å². The summed E-state index contributed by atoms with van der Waals surface area (Å²) >= 11 is 1.74.